The Morgan fingerprint density at radius 2 is 2.15 bits per heavy atom. The first-order chi connectivity index (χ1) is 9.29. The molecule has 1 aliphatic rings. The van der Waals surface area contributed by atoms with Crippen LogP contribution in [0.25, 0.3) is 0 Å². The summed E-state index contributed by atoms with van der Waals surface area (Å²) in [6.45, 7) is 1.17. The molecule has 1 atom stereocenters. The largest absolute Gasteiger partial charge is 0.509 e. The lowest BCUT2D eigenvalue weighted by Gasteiger charge is -2.49. The van der Waals surface area contributed by atoms with Crippen LogP contribution in [0.4, 0.5) is 0 Å². The maximum atomic E-state index is 11.7. The Balaban J connectivity index is 3.29. The van der Waals surface area contributed by atoms with E-state index in [1.54, 1.807) is 0 Å². The first kappa shape index (κ1) is 16.5. The summed E-state index contributed by atoms with van der Waals surface area (Å²) in [7, 11) is 0. The van der Waals surface area contributed by atoms with Gasteiger partial charge in [-0.3, -0.25) is 19.3 Å². The fraction of sp³-hybridized carbons (Fsp3) is 0.400. The lowest BCUT2D eigenvalue weighted by molar-refractivity contribution is -0.154. The highest BCUT2D eigenvalue weighted by atomic mass is 79.9. The molecule has 1 aliphatic heterocycles. The van der Waals surface area contributed by atoms with E-state index in [1.807, 2.05) is 0 Å². The summed E-state index contributed by atoms with van der Waals surface area (Å²) < 4.78 is 0. The van der Waals surface area contributed by atoms with Crippen LogP contribution in [0.5, 0.6) is 0 Å². The van der Waals surface area contributed by atoms with Gasteiger partial charge in [0.25, 0.3) is 0 Å². The number of alkyl halides is 1. The number of hydrogen-bond acceptors (Lipinski definition) is 6. The van der Waals surface area contributed by atoms with Crippen LogP contribution in [0.2, 0.25) is 0 Å². The summed E-state index contributed by atoms with van der Waals surface area (Å²) >= 11 is 3.43. The molecule has 0 bridgehead atoms. The molecular weight excluding hydrogens is 356 g/mol. The molecule has 0 aromatic rings. The molecule has 3 N–H and O–H groups in total. The maximum absolute atomic E-state index is 11.7. The van der Waals surface area contributed by atoms with Crippen LogP contribution >= 0.6 is 27.7 Å². The molecule has 0 aromatic heterocycles. The highest BCUT2D eigenvalue weighted by molar-refractivity contribution is 9.09. The minimum atomic E-state index is -1.55. The van der Waals surface area contributed by atoms with Crippen molar-refractivity contribution in [3.05, 3.63) is 11.5 Å². The average molecular weight is 367 g/mol. The Labute approximate surface area is 126 Å². The van der Waals surface area contributed by atoms with E-state index in [0.717, 1.165) is 0 Å². The predicted molar refractivity (Wildman–Crippen MR) is 73.4 cm³/mol. The molecular formula is C10H11BrN2O6S. The van der Waals surface area contributed by atoms with Gasteiger partial charge in [-0.05, 0) is 11.8 Å². The number of aliphatic hydroxyl groups excluding tert-OH is 1. The van der Waals surface area contributed by atoms with E-state index >= 15 is 0 Å². The van der Waals surface area contributed by atoms with Crippen LogP contribution in [-0.4, -0.2) is 48.8 Å². The van der Waals surface area contributed by atoms with E-state index in [4.69, 9.17) is 5.11 Å². The zero-order chi connectivity index (χ0) is 15.5. The number of aliphatic carboxylic acids is 1. The molecule has 8 nitrogen and oxygen atoms in total. The zero-order valence-electron chi connectivity index (χ0n) is 10.3. The zero-order valence-corrected chi connectivity index (χ0v) is 12.7. The maximum Gasteiger partial charge on any atom is 0.356 e. The SMILES string of the molecule is CC(=O)NC1(SC=O)CC(=O)N1C(C(=O)O)=C(O)CBr. The first-order valence-electron chi connectivity index (χ1n) is 5.23. The van der Waals surface area contributed by atoms with Crippen LogP contribution in [0.15, 0.2) is 11.5 Å². The first-order valence-corrected chi connectivity index (χ1v) is 7.23. The van der Waals surface area contributed by atoms with Crippen LogP contribution in [0.1, 0.15) is 13.3 Å². The molecule has 0 aliphatic carbocycles. The van der Waals surface area contributed by atoms with Gasteiger partial charge in [0.05, 0.1) is 11.8 Å². The number of β-lactam (4-membered cyclic amide) rings is 1. The van der Waals surface area contributed by atoms with Crippen molar-refractivity contribution < 1.29 is 29.4 Å². The smallest absolute Gasteiger partial charge is 0.356 e. The number of amides is 2. The van der Waals surface area contributed by atoms with E-state index in [2.05, 4.69) is 21.2 Å². The number of allylic oxidation sites excluding steroid dienone is 1. The number of rotatable bonds is 6. The highest BCUT2D eigenvalue weighted by Gasteiger charge is 2.56. The van der Waals surface area contributed by atoms with Crippen molar-refractivity contribution in [1.29, 1.82) is 0 Å². The van der Waals surface area contributed by atoms with Crippen LogP contribution < -0.4 is 5.32 Å². The Kier molecular flexibility index (Phi) is 5.17. The molecule has 2 amide bonds. The number of carboxylic acids is 1. The average Bonchev–Trinajstić information content (AvgIpc) is 2.33. The molecule has 1 unspecified atom stereocenters. The number of carboxylic acid groups (broad SMARTS) is 1. The van der Waals surface area contributed by atoms with E-state index < -0.39 is 34.2 Å². The Hall–Kier alpha value is -1.55. The van der Waals surface area contributed by atoms with E-state index in [-0.39, 0.29) is 11.8 Å². The van der Waals surface area contributed by atoms with Gasteiger partial charge in [0.15, 0.2) is 16.3 Å². The lowest BCUT2D eigenvalue weighted by atomic mass is 10.1. The Morgan fingerprint density at radius 3 is 2.50 bits per heavy atom. The van der Waals surface area contributed by atoms with Crippen molar-refractivity contribution in [3.63, 3.8) is 0 Å². The second kappa shape index (κ2) is 6.27. The van der Waals surface area contributed by atoms with Gasteiger partial charge in [0, 0.05) is 6.92 Å². The molecule has 0 saturated carbocycles. The van der Waals surface area contributed by atoms with Gasteiger partial charge in [0.2, 0.25) is 11.8 Å². The number of carbonyl (C=O) groups is 4. The molecule has 20 heavy (non-hydrogen) atoms. The number of halogens is 1. The molecule has 0 radical (unpaired) electrons. The Morgan fingerprint density at radius 1 is 1.55 bits per heavy atom. The van der Waals surface area contributed by atoms with Crippen molar-refractivity contribution in [2.75, 3.05) is 5.33 Å². The quantitative estimate of drug-likeness (QED) is 0.153. The number of hydrogen-bond donors (Lipinski definition) is 3. The van der Waals surface area contributed by atoms with Crippen molar-refractivity contribution in [2.45, 2.75) is 18.3 Å². The number of nitrogens with zero attached hydrogens (tertiary/aromatic N) is 1. The van der Waals surface area contributed by atoms with Crippen LogP contribution in [0.3, 0.4) is 0 Å². The molecule has 0 spiro atoms. The summed E-state index contributed by atoms with van der Waals surface area (Å²) in [4.78, 5) is 44.0. The van der Waals surface area contributed by atoms with Crippen molar-refractivity contribution in [3.8, 4) is 0 Å². The molecule has 0 aromatic carbocycles. The highest BCUT2D eigenvalue weighted by Crippen LogP contribution is 2.42. The molecule has 110 valence electrons. The fourth-order valence-corrected chi connectivity index (χ4v) is 2.90. The molecule has 1 rings (SSSR count). The van der Waals surface area contributed by atoms with Crippen LogP contribution in [-0.2, 0) is 19.2 Å². The topological polar surface area (TPSA) is 124 Å². The summed E-state index contributed by atoms with van der Waals surface area (Å²) in [6.07, 6.45) is -0.248. The van der Waals surface area contributed by atoms with Crippen LogP contribution in [0, 0.1) is 0 Å². The standard InChI is InChI=1S/C10H11BrN2O6S/c1-5(15)12-10(20-4-14)2-7(17)13(10)8(9(18)19)6(16)3-11/h4,16H,2-3H2,1H3,(H,12,15)(H,18,19). The third kappa shape index (κ3) is 2.96. The minimum Gasteiger partial charge on any atom is -0.509 e. The lowest BCUT2D eigenvalue weighted by Crippen LogP contribution is -2.70. The van der Waals surface area contributed by atoms with Gasteiger partial charge in [-0.15, -0.1) is 0 Å². The number of nitrogens with one attached hydrogen (secondary N) is 1. The van der Waals surface area contributed by atoms with E-state index in [1.165, 1.54) is 6.92 Å². The second-order valence-corrected chi connectivity index (χ2v) is 5.48. The summed E-state index contributed by atoms with van der Waals surface area (Å²) in [6, 6.07) is 0. The number of likely N-dealkylation sites (tertiary alicyclic amines) is 1. The monoisotopic (exact) mass is 366 g/mol. The van der Waals surface area contributed by atoms with Gasteiger partial charge in [0.1, 0.15) is 5.76 Å². The molecule has 10 heteroatoms. The molecule has 1 fully saturated rings. The van der Waals surface area contributed by atoms with Crippen molar-refractivity contribution in [2.24, 2.45) is 0 Å². The van der Waals surface area contributed by atoms with Gasteiger partial charge in [-0.25, -0.2) is 4.79 Å². The number of thioether (sulfide) groups is 1. The van der Waals surface area contributed by atoms with Gasteiger partial charge < -0.3 is 15.5 Å². The van der Waals surface area contributed by atoms with E-state index in [0.29, 0.717) is 22.3 Å². The summed E-state index contributed by atoms with van der Waals surface area (Å²) in [5.41, 5.74) is -0.291. The summed E-state index contributed by atoms with van der Waals surface area (Å²) in [5, 5.41) is 20.9. The molecule has 1 saturated heterocycles. The number of aliphatic hydroxyl groups is 1. The second-order valence-electron chi connectivity index (χ2n) is 3.82. The normalized spacial score (nSPS) is 22.7. The van der Waals surface area contributed by atoms with Crippen molar-refractivity contribution in [1.82, 2.24) is 10.2 Å². The van der Waals surface area contributed by atoms with Gasteiger partial charge >= 0.3 is 5.97 Å². The minimum absolute atomic E-state index is 0.194. The van der Waals surface area contributed by atoms with Gasteiger partial charge in [-0.1, -0.05) is 15.9 Å². The van der Waals surface area contributed by atoms with Gasteiger partial charge in [-0.2, -0.15) is 0 Å². The Bertz CT molecular complexity index is 504. The number of carbonyl (C=O) groups excluding carboxylic acids is 3. The third-order valence-corrected chi connectivity index (χ3v) is 3.89. The third-order valence-electron chi connectivity index (χ3n) is 2.44. The predicted octanol–water partition coefficient (Wildman–Crippen LogP) is 0.181. The van der Waals surface area contributed by atoms with E-state index in [9.17, 15) is 24.3 Å². The fourth-order valence-electron chi connectivity index (χ4n) is 1.77. The summed E-state index contributed by atoms with van der Waals surface area (Å²) in [5.74, 6) is -3.30. The molecule has 1 heterocycles. The van der Waals surface area contributed by atoms with Crippen molar-refractivity contribution >= 4 is 51.1 Å².